The van der Waals surface area contributed by atoms with E-state index in [2.05, 4.69) is 5.16 Å². The van der Waals surface area contributed by atoms with E-state index in [1.54, 1.807) is 18.2 Å². The Balaban J connectivity index is 1.64. The van der Waals surface area contributed by atoms with Crippen LogP contribution in [0.5, 0.6) is 17.2 Å². The van der Waals surface area contributed by atoms with Gasteiger partial charge in [-0.15, -0.1) is 0 Å². The van der Waals surface area contributed by atoms with Crippen molar-refractivity contribution in [1.82, 2.24) is 9.46 Å². The van der Waals surface area contributed by atoms with Gasteiger partial charge >= 0.3 is 0 Å². The summed E-state index contributed by atoms with van der Waals surface area (Å²) >= 11 is 0. The molecule has 1 aliphatic rings. The van der Waals surface area contributed by atoms with E-state index in [1.807, 2.05) is 0 Å². The maximum absolute atomic E-state index is 13.4. The van der Waals surface area contributed by atoms with Gasteiger partial charge < -0.3 is 23.5 Å². The van der Waals surface area contributed by atoms with Crippen LogP contribution in [0.15, 0.2) is 51.9 Å². The van der Waals surface area contributed by atoms with Gasteiger partial charge in [0.1, 0.15) is 5.82 Å². The second-order valence-electron chi connectivity index (χ2n) is 7.98. The van der Waals surface area contributed by atoms with Gasteiger partial charge in [0.15, 0.2) is 17.3 Å². The van der Waals surface area contributed by atoms with Crippen LogP contribution in [0, 0.1) is 5.82 Å². The van der Waals surface area contributed by atoms with Crippen molar-refractivity contribution in [3.63, 3.8) is 0 Å². The number of sulfonamides is 1. The fraction of sp³-hybridized carbons (Fsp3) is 0.375. The van der Waals surface area contributed by atoms with Crippen LogP contribution in [0.1, 0.15) is 18.5 Å². The van der Waals surface area contributed by atoms with Crippen molar-refractivity contribution in [3.8, 4) is 28.6 Å². The van der Waals surface area contributed by atoms with Crippen molar-refractivity contribution in [2.24, 2.45) is 0 Å². The molecule has 1 atom stereocenters. The van der Waals surface area contributed by atoms with Gasteiger partial charge in [0, 0.05) is 24.8 Å². The summed E-state index contributed by atoms with van der Waals surface area (Å²) in [6.45, 7) is 0.684. The summed E-state index contributed by atoms with van der Waals surface area (Å²) in [5, 5.41) is 4.09. The lowest BCUT2D eigenvalue weighted by Gasteiger charge is -2.24. The first-order valence-corrected chi connectivity index (χ1v) is 12.4. The molecule has 2 aromatic carbocycles. The molecule has 9 nitrogen and oxygen atoms in total. The van der Waals surface area contributed by atoms with Gasteiger partial charge in [0.25, 0.3) is 0 Å². The minimum Gasteiger partial charge on any atom is -0.493 e. The molecule has 1 fully saturated rings. The highest BCUT2D eigenvalue weighted by Gasteiger charge is 2.30. The molecule has 188 valence electrons. The van der Waals surface area contributed by atoms with Gasteiger partial charge in [0.05, 0.1) is 44.6 Å². The monoisotopic (exact) mass is 506 g/mol. The molecule has 4 rings (SSSR count). The van der Waals surface area contributed by atoms with Crippen LogP contribution in [-0.2, 0) is 21.3 Å². The van der Waals surface area contributed by atoms with Crippen molar-refractivity contribution >= 4 is 10.0 Å². The molecule has 0 N–H and O–H groups in total. The highest BCUT2D eigenvalue weighted by Crippen LogP contribution is 2.41. The highest BCUT2D eigenvalue weighted by molar-refractivity contribution is 7.89. The number of aromatic nitrogens is 1. The van der Waals surface area contributed by atoms with E-state index in [0.717, 1.165) is 25.0 Å². The van der Waals surface area contributed by atoms with E-state index in [9.17, 15) is 12.8 Å². The van der Waals surface area contributed by atoms with Crippen molar-refractivity contribution < 1.29 is 36.3 Å². The first kappa shape index (κ1) is 25.0. The lowest BCUT2D eigenvalue weighted by Crippen LogP contribution is -2.37. The lowest BCUT2D eigenvalue weighted by atomic mass is 10.1. The van der Waals surface area contributed by atoms with E-state index >= 15 is 0 Å². The molecule has 0 unspecified atom stereocenters. The van der Waals surface area contributed by atoms with Crippen LogP contribution in [0.3, 0.4) is 0 Å². The third-order valence-electron chi connectivity index (χ3n) is 5.73. The minimum absolute atomic E-state index is 0.00903. The zero-order chi connectivity index (χ0) is 25.0. The van der Waals surface area contributed by atoms with Gasteiger partial charge in [-0.25, -0.2) is 12.8 Å². The molecule has 3 aromatic rings. The Hall–Kier alpha value is -3.15. The van der Waals surface area contributed by atoms with Crippen LogP contribution in [0.25, 0.3) is 11.3 Å². The van der Waals surface area contributed by atoms with Gasteiger partial charge in [-0.1, -0.05) is 5.16 Å². The predicted octanol–water partition coefficient (Wildman–Crippen LogP) is 3.88. The van der Waals surface area contributed by atoms with E-state index in [4.69, 9.17) is 23.5 Å². The molecule has 0 aliphatic carbocycles. The molecule has 2 heterocycles. The van der Waals surface area contributed by atoms with Crippen molar-refractivity contribution in [2.75, 3.05) is 34.5 Å². The van der Waals surface area contributed by atoms with E-state index in [1.165, 1.54) is 37.8 Å². The average Bonchev–Trinajstić information content (AvgIpc) is 3.55. The normalized spacial score (nSPS) is 16.0. The van der Waals surface area contributed by atoms with Crippen LogP contribution in [-0.4, -0.2) is 58.5 Å². The largest absolute Gasteiger partial charge is 0.493 e. The summed E-state index contributed by atoms with van der Waals surface area (Å²) in [6.07, 6.45) is 1.39. The summed E-state index contributed by atoms with van der Waals surface area (Å²) in [4.78, 5) is -0.00903. The first-order valence-electron chi connectivity index (χ1n) is 11.0. The summed E-state index contributed by atoms with van der Waals surface area (Å²) < 4.78 is 68.8. The van der Waals surface area contributed by atoms with Gasteiger partial charge in [-0.05, 0) is 49.2 Å². The Labute approximate surface area is 203 Å². The molecule has 1 aromatic heterocycles. The van der Waals surface area contributed by atoms with Crippen molar-refractivity contribution in [3.05, 3.63) is 54.0 Å². The third kappa shape index (κ3) is 5.42. The molecule has 0 saturated carbocycles. The number of hydrogen-bond donors (Lipinski definition) is 0. The molecular weight excluding hydrogens is 479 g/mol. The third-order valence-corrected chi connectivity index (χ3v) is 7.56. The fourth-order valence-electron chi connectivity index (χ4n) is 3.95. The fourth-order valence-corrected chi connectivity index (χ4v) is 5.39. The molecule has 0 bridgehead atoms. The van der Waals surface area contributed by atoms with Crippen LogP contribution >= 0.6 is 0 Å². The summed E-state index contributed by atoms with van der Waals surface area (Å²) in [7, 11) is 0.590. The summed E-state index contributed by atoms with van der Waals surface area (Å²) in [6, 6.07) is 9.82. The predicted molar refractivity (Wildman–Crippen MR) is 125 cm³/mol. The maximum atomic E-state index is 13.4. The number of nitrogens with zero attached hydrogens (tertiary/aromatic N) is 2. The number of hydrogen-bond acceptors (Lipinski definition) is 8. The van der Waals surface area contributed by atoms with Crippen LogP contribution < -0.4 is 14.2 Å². The highest BCUT2D eigenvalue weighted by atomic mass is 32.2. The molecule has 35 heavy (non-hydrogen) atoms. The maximum Gasteiger partial charge on any atom is 0.243 e. The van der Waals surface area contributed by atoms with Crippen molar-refractivity contribution in [1.29, 1.82) is 0 Å². The van der Waals surface area contributed by atoms with Gasteiger partial charge in [-0.2, -0.15) is 4.31 Å². The standard InChI is InChI=1S/C24H27FN2O7S/c1-30-22-11-16(12-23(31-2)24(22)32-3)21-13-18(26-34-21)14-27(15-19-5-4-10-33-19)35(28,29)20-8-6-17(25)7-9-20/h6-9,11-13,19H,4-5,10,14-15H2,1-3H3/t19-/m0/s1. The van der Waals surface area contributed by atoms with Gasteiger partial charge in [0.2, 0.25) is 15.8 Å². The van der Waals surface area contributed by atoms with Crippen molar-refractivity contribution in [2.45, 2.75) is 30.4 Å². The summed E-state index contributed by atoms with van der Waals surface area (Å²) in [5.74, 6) is 1.21. The number of ether oxygens (including phenoxy) is 4. The Morgan fingerprint density at radius 3 is 2.31 bits per heavy atom. The average molecular weight is 507 g/mol. The first-order chi connectivity index (χ1) is 16.8. The van der Waals surface area contributed by atoms with E-state index in [0.29, 0.717) is 40.9 Å². The molecule has 0 amide bonds. The molecule has 1 aliphatic heterocycles. The second kappa shape index (κ2) is 10.6. The smallest absolute Gasteiger partial charge is 0.243 e. The zero-order valence-electron chi connectivity index (χ0n) is 19.7. The zero-order valence-corrected chi connectivity index (χ0v) is 20.5. The SMILES string of the molecule is COc1cc(-c2cc(CN(C[C@@H]3CCCO3)S(=O)(=O)c3ccc(F)cc3)no2)cc(OC)c1OC. The number of methoxy groups -OCH3 is 3. The molecule has 1 saturated heterocycles. The quantitative estimate of drug-likeness (QED) is 0.409. The second-order valence-corrected chi connectivity index (χ2v) is 9.92. The van der Waals surface area contributed by atoms with Crippen LogP contribution in [0.2, 0.25) is 0 Å². The Morgan fingerprint density at radius 1 is 1.06 bits per heavy atom. The van der Waals surface area contributed by atoms with E-state index < -0.39 is 15.8 Å². The number of halogens is 1. The minimum atomic E-state index is -3.94. The lowest BCUT2D eigenvalue weighted by molar-refractivity contribution is 0.0922. The number of rotatable bonds is 10. The number of benzene rings is 2. The van der Waals surface area contributed by atoms with Crippen LogP contribution in [0.4, 0.5) is 4.39 Å². The summed E-state index contributed by atoms with van der Waals surface area (Å²) in [5.41, 5.74) is 1.02. The van der Waals surface area contributed by atoms with E-state index in [-0.39, 0.29) is 24.1 Å². The topological polar surface area (TPSA) is 100 Å². The molecular formula is C24H27FN2O7S. The van der Waals surface area contributed by atoms with Gasteiger partial charge in [-0.3, -0.25) is 0 Å². The Bertz CT molecular complexity index is 1230. The molecule has 11 heteroatoms. The Morgan fingerprint density at radius 2 is 1.74 bits per heavy atom. The molecule has 0 spiro atoms. The Kier molecular flexibility index (Phi) is 7.58. The molecule has 0 radical (unpaired) electrons.